The molecule has 0 unspecified atom stereocenters. The molecule has 27 heavy (non-hydrogen) atoms. The van der Waals surface area contributed by atoms with Gasteiger partial charge in [-0.3, -0.25) is 9.69 Å². The van der Waals surface area contributed by atoms with Gasteiger partial charge in [-0.2, -0.15) is 0 Å². The van der Waals surface area contributed by atoms with Gasteiger partial charge in [-0.15, -0.1) is 10.2 Å². The van der Waals surface area contributed by atoms with Crippen LogP contribution in [0.15, 0.2) is 22.5 Å². The Morgan fingerprint density at radius 3 is 2.81 bits per heavy atom. The van der Waals surface area contributed by atoms with Gasteiger partial charge in [0.2, 0.25) is 11.0 Å². The molecule has 1 N–H and O–H groups in total. The fourth-order valence-corrected chi connectivity index (χ4v) is 5.11. The molecule has 2 aromatic rings. The summed E-state index contributed by atoms with van der Waals surface area (Å²) in [6.45, 7) is 4.64. The summed E-state index contributed by atoms with van der Waals surface area (Å²) in [5.74, 6) is 1.07. The molecule has 1 saturated heterocycles. The van der Waals surface area contributed by atoms with Crippen LogP contribution in [0.5, 0.6) is 0 Å². The van der Waals surface area contributed by atoms with E-state index in [-0.39, 0.29) is 11.8 Å². The van der Waals surface area contributed by atoms with Gasteiger partial charge in [-0.05, 0) is 50.0 Å². The van der Waals surface area contributed by atoms with Crippen molar-refractivity contribution >= 4 is 57.3 Å². The molecule has 1 aliphatic rings. The molecule has 1 amide bonds. The molecule has 9 heteroatoms. The monoisotopic (exact) mass is 444 g/mol. The van der Waals surface area contributed by atoms with Crippen LogP contribution in [-0.4, -0.2) is 39.8 Å². The van der Waals surface area contributed by atoms with Crippen LogP contribution in [0.4, 0.5) is 5.13 Å². The number of hydrogen-bond acceptors (Lipinski definition) is 6. The van der Waals surface area contributed by atoms with E-state index in [9.17, 15) is 4.79 Å². The molecule has 0 atom stereocenters. The third-order valence-corrected chi connectivity index (χ3v) is 7.20. The van der Waals surface area contributed by atoms with Crippen LogP contribution in [0.25, 0.3) is 0 Å². The van der Waals surface area contributed by atoms with Gasteiger partial charge >= 0.3 is 0 Å². The molecule has 146 valence electrons. The summed E-state index contributed by atoms with van der Waals surface area (Å²) < 4.78 is 0.904. The molecule has 0 bridgehead atoms. The summed E-state index contributed by atoms with van der Waals surface area (Å²) in [5, 5.41) is 13.0. The molecule has 1 aromatic heterocycles. The number of carbonyl (C=O) groups is 1. The summed E-state index contributed by atoms with van der Waals surface area (Å²) in [7, 11) is 0. The van der Waals surface area contributed by atoms with Crippen LogP contribution < -0.4 is 5.32 Å². The average Bonchev–Trinajstić information content (AvgIpc) is 3.10. The number of rotatable bonds is 7. The normalized spacial score (nSPS) is 15.8. The van der Waals surface area contributed by atoms with E-state index in [1.807, 2.05) is 12.1 Å². The first-order chi connectivity index (χ1) is 13.0. The third-order valence-electron chi connectivity index (χ3n) is 4.43. The van der Waals surface area contributed by atoms with Crippen LogP contribution in [0.3, 0.4) is 0 Å². The number of likely N-dealkylation sites (tertiary alicyclic amines) is 1. The van der Waals surface area contributed by atoms with Gasteiger partial charge in [0, 0.05) is 28.3 Å². The van der Waals surface area contributed by atoms with E-state index in [1.165, 1.54) is 11.3 Å². The molecule has 1 fully saturated rings. The number of benzene rings is 1. The standard InChI is InChI=1S/C18H22Cl2N4OS2/c1-2-9-26-18-23-22-17(27-18)21-16(25)12-5-7-24(8-6-12)11-13-3-4-14(19)10-15(13)20/h3-4,10,12H,2,5-9,11H2,1H3,(H,21,22,25). The van der Waals surface area contributed by atoms with Gasteiger partial charge in [0.05, 0.1) is 0 Å². The minimum atomic E-state index is 0.0117. The number of hydrogen-bond donors (Lipinski definition) is 1. The largest absolute Gasteiger partial charge is 0.300 e. The van der Waals surface area contributed by atoms with Crippen LogP contribution in [0.1, 0.15) is 31.7 Å². The minimum Gasteiger partial charge on any atom is -0.300 e. The highest BCUT2D eigenvalue weighted by Gasteiger charge is 2.26. The van der Waals surface area contributed by atoms with E-state index in [0.29, 0.717) is 15.2 Å². The van der Waals surface area contributed by atoms with Crippen LogP contribution >= 0.6 is 46.3 Å². The molecule has 0 radical (unpaired) electrons. The molecule has 1 aliphatic heterocycles. The quantitative estimate of drug-likeness (QED) is 0.469. The Labute approximate surface area is 177 Å². The number of carbonyl (C=O) groups excluding carboxylic acids is 1. The molecule has 0 aliphatic carbocycles. The highest BCUT2D eigenvalue weighted by Crippen LogP contribution is 2.28. The second-order valence-electron chi connectivity index (χ2n) is 6.50. The maximum absolute atomic E-state index is 12.5. The van der Waals surface area contributed by atoms with Crippen LogP contribution in [0.2, 0.25) is 10.0 Å². The van der Waals surface area contributed by atoms with E-state index in [0.717, 1.165) is 54.6 Å². The minimum absolute atomic E-state index is 0.0117. The fourth-order valence-electron chi connectivity index (χ4n) is 2.96. The van der Waals surface area contributed by atoms with Crippen molar-refractivity contribution in [3.05, 3.63) is 33.8 Å². The molecule has 1 aromatic carbocycles. The first-order valence-corrected chi connectivity index (χ1v) is 11.5. The highest BCUT2D eigenvalue weighted by atomic mass is 35.5. The lowest BCUT2D eigenvalue weighted by atomic mass is 9.95. The van der Waals surface area contributed by atoms with E-state index in [4.69, 9.17) is 23.2 Å². The average molecular weight is 445 g/mol. The number of aromatic nitrogens is 2. The molecule has 5 nitrogen and oxygen atoms in total. The highest BCUT2D eigenvalue weighted by molar-refractivity contribution is 8.01. The van der Waals surface area contributed by atoms with Crippen LogP contribution in [-0.2, 0) is 11.3 Å². The predicted octanol–water partition coefficient (Wildman–Crippen LogP) is 5.20. The van der Waals surface area contributed by atoms with E-state index in [1.54, 1.807) is 17.8 Å². The van der Waals surface area contributed by atoms with Gasteiger partial charge in [0.15, 0.2) is 4.34 Å². The Morgan fingerprint density at radius 1 is 1.33 bits per heavy atom. The van der Waals surface area contributed by atoms with E-state index >= 15 is 0 Å². The summed E-state index contributed by atoms with van der Waals surface area (Å²) in [6, 6.07) is 5.60. The SMILES string of the molecule is CCCSc1nnc(NC(=O)C2CCN(Cc3ccc(Cl)cc3Cl)CC2)s1. The number of anilines is 1. The number of piperidine rings is 1. The summed E-state index contributed by atoms with van der Waals surface area (Å²) in [6.07, 6.45) is 2.74. The zero-order chi connectivity index (χ0) is 19.2. The van der Waals surface area contributed by atoms with Crippen molar-refractivity contribution in [2.24, 2.45) is 5.92 Å². The van der Waals surface area contributed by atoms with E-state index in [2.05, 4.69) is 27.3 Å². The van der Waals surface area contributed by atoms with Gasteiger partial charge in [-0.1, -0.05) is 59.3 Å². The molecule has 0 saturated carbocycles. The molecule has 0 spiro atoms. The van der Waals surface area contributed by atoms with Crippen molar-refractivity contribution in [3.8, 4) is 0 Å². The Bertz CT molecular complexity index is 778. The number of halogens is 2. The van der Waals surface area contributed by atoms with Gasteiger partial charge in [-0.25, -0.2) is 0 Å². The summed E-state index contributed by atoms with van der Waals surface area (Å²) in [5.41, 5.74) is 1.06. The lowest BCUT2D eigenvalue weighted by Crippen LogP contribution is -2.37. The van der Waals surface area contributed by atoms with Crippen molar-refractivity contribution in [2.75, 3.05) is 24.2 Å². The zero-order valence-corrected chi connectivity index (χ0v) is 18.2. The fraction of sp³-hybridized carbons (Fsp3) is 0.500. The van der Waals surface area contributed by atoms with Crippen molar-refractivity contribution in [1.29, 1.82) is 0 Å². The second kappa shape index (κ2) is 10.1. The van der Waals surface area contributed by atoms with Gasteiger partial charge < -0.3 is 5.32 Å². The predicted molar refractivity (Wildman–Crippen MR) is 114 cm³/mol. The van der Waals surface area contributed by atoms with E-state index < -0.39 is 0 Å². The van der Waals surface area contributed by atoms with Crippen molar-refractivity contribution in [3.63, 3.8) is 0 Å². The Kier molecular flexibility index (Phi) is 7.78. The maximum atomic E-state index is 12.5. The summed E-state index contributed by atoms with van der Waals surface area (Å²) in [4.78, 5) is 14.8. The lowest BCUT2D eigenvalue weighted by molar-refractivity contribution is -0.121. The van der Waals surface area contributed by atoms with Gasteiger partial charge in [0.25, 0.3) is 0 Å². The Morgan fingerprint density at radius 2 is 2.11 bits per heavy atom. The number of nitrogens with zero attached hydrogens (tertiary/aromatic N) is 3. The van der Waals surface area contributed by atoms with Crippen molar-refractivity contribution in [2.45, 2.75) is 37.1 Å². The molecular weight excluding hydrogens is 423 g/mol. The topological polar surface area (TPSA) is 58.1 Å². The number of amides is 1. The van der Waals surface area contributed by atoms with Crippen LogP contribution in [0, 0.1) is 5.92 Å². The van der Waals surface area contributed by atoms with Crippen molar-refractivity contribution in [1.82, 2.24) is 15.1 Å². The maximum Gasteiger partial charge on any atom is 0.229 e. The first-order valence-electron chi connectivity index (χ1n) is 8.98. The Balaban J connectivity index is 1.47. The first kappa shape index (κ1) is 20.9. The van der Waals surface area contributed by atoms with Gasteiger partial charge in [0.1, 0.15) is 0 Å². The smallest absolute Gasteiger partial charge is 0.229 e. The second-order valence-corrected chi connectivity index (χ2v) is 9.66. The molecule has 3 rings (SSSR count). The summed E-state index contributed by atoms with van der Waals surface area (Å²) >= 11 is 15.3. The zero-order valence-electron chi connectivity index (χ0n) is 15.1. The molecular formula is C18H22Cl2N4OS2. The number of nitrogens with one attached hydrogen (secondary N) is 1. The Hall–Kier alpha value is -0.860. The van der Waals surface area contributed by atoms with Crippen molar-refractivity contribution < 1.29 is 4.79 Å². The number of thioether (sulfide) groups is 1. The lowest BCUT2D eigenvalue weighted by Gasteiger charge is -2.31. The third kappa shape index (κ3) is 6.06. The molecule has 2 heterocycles.